The number of amides is 1. The van der Waals surface area contributed by atoms with E-state index in [0.717, 1.165) is 0 Å². The van der Waals surface area contributed by atoms with Gasteiger partial charge in [0.1, 0.15) is 17.3 Å². The molecule has 0 unspecified atom stereocenters. The lowest BCUT2D eigenvalue weighted by molar-refractivity contribution is 0.102. The van der Waals surface area contributed by atoms with E-state index in [1.165, 1.54) is 26.4 Å². The number of pyridine rings is 1. The summed E-state index contributed by atoms with van der Waals surface area (Å²) in [5.74, 6) is 0.271. The van der Waals surface area contributed by atoms with Crippen LogP contribution in [-0.4, -0.2) is 25.1 Å². The van der Waals surface area contributed by atoms with Crippen LogP contribution in [0.2, 0.25) is 0 Å². The maximum absolute atomic E-state index is 13.6. The molecule has 0 aliphatic rings. The zero-order valence-electron chi connectivity index (χ0n) is 14.1. The highest BCUT2D eigenvalue weighted by molar-refractivity contribution is 6.12. The van der Waals surface area contributed by atoms with Gasteiger partial charge in [0.25, 0.3) is 5.91 Å². The third-order valence-electron chi connectivity index (χ3n) is 3.80. The van der Waals surface area contributed by atoms with Crippen LogP contribution in [0.25, 0.3) is 10.9 Å². The number of carbonyl (C=O) groups is 1. The van der Waals surface area contributed by atoms with Crippen molar-refractivity contribution in [2.75, 3.05) is 19.5 Å². The SMILES string of the molecule is COc1ccc(OC)c(NC(=O)c2cc(C)nc3ccc(F)cc23)c1. The lowest BCUT2D eigenvalue weighted by Gasteiger charge is -2.13. The number of hydrogen-bond donors (Lipinski definition) is 1. The third-order valence-corrected chi connectivity index (χ3v) is 3.80. The molecule has 3 aromatic rings. The summed E-state index contributed by atoms with van der Waals surface area (Å²) in [6.45, 7) is 1.78. The van der Waals surface area contributed by atoms with Crippen LogP contribution in [-0.2, 0) is 0 Å². The van der Waals surface area contributed by atoms with Crippen molar-refractivity contribution >= 4 is 22.5 Å². The Kier molecular flexibility index (Phi) is 4.52. The summed E-state index contributed by atoms with van der Waals surface area (Å²) in [6, 6.07) is 10.9. The largest absolute Gasteiger partial charge is 0.497 e. The van der Waals surface area contributed by atoms with Crippen molar-refractivity contribution in [2.24, 2.45) is 0 Å². The average Bonchev–Trinajstić information content (AvgIpc) is 2.61. The molecular weight excluding hydrogens is 323 g/mol. The van der Waals surface area contributed by atoms with E-state index >= 15 is 0 Å². The maximum Gasteiger partial charge on any atom is 0.256 e. The van der Waals surface area contributed by atoms with Gasteiger partial charge in [-0.3, -0.25) is 9.78 Å². The number of aryl methyl sites for hydroxylation is 1. The lowest BCUT2D eigenvalue weighted by Crippen LogP contribution is -2.14. The topological polar surface area (TPSA) is 60.5 Å². The van der Waals surface area contributed by atoms with E-state index in [1.54, 1.807) is 37.3 Å². The Morgan fingerprint density at radius 3 is 2.60 bits per heavy atom. The molecule has 0 radical (unpaired) electrons. The average molecular weight is 340 g/mol. The summed E-state index contributed by atoms with van der Waals surface area (Å²) in [7, 11) is 3.05. The molecule has 1 N–H and O–H groups in total. The number of ether oxygens (including phenoxy) is 2. The summed E-state index contributed by atoms with van der Waals surface area (Å²) in [6.07, 6.45) is 0. The second kappa shape index (κ2) is 6.76. The smallest absolute Gasteiger partial charge is 0.256 e. The van der Waals surface area contributed by atoms with Gasteiger partial charge in [-0.15, -0.1) is 0 Å². The van der Waals surface area contributed by atoms with Gasteiger partial charge in [0, 0.05) is 17.1 Å². The molecule has 128 valence electrons. The molecule has 1 heterocycles. The normalized spacial score (nSPS) is 10.6. The van der Waals surface area contributed by atoms with Gasteiger partial charge >= 0.3 is 0 Å². The van der Waals surface area contributed by atoms with Crippen LogP contribution in [0.1, 0.15) is 16.1 Å². The predicted molar refractivity (Wildman–Crippen MR) is 93.9 cm³/mol. The Bertz CT molecular complexity index is 957. The van der Waals surface area contributed by atoms with E-state index in [2.05, 4.69) is 10.3 Å². The van der Waals surface area contributed by atoms with Crippen LogP contribution in [0.15, 0.2) is 42.5 Å². The van der Waals surface area contributed by atoms with Crippen molar-refractivity contribution in [3.63, 3.8) is 0 Å². The first-order chi connectivity index (χ1) is 12.0. The number of aromatic nitrogens is 1. The fourth-order valence-electron chi connectivity index (χ4n) is 2.62. The highest BCUT2D eigenvalue weighted by atomic mass is 19.1. The number of fused-ring (bicyclic) bond motifs is 1. The second-order valence-electron chi connectivity index (χ2n) is 5.49. The Morgan fingerprint density at radius 1 is 1.08 bits per heavy atom. The van der Waals surface area contributed by atoms with E-state index in [-0.39, 0.29) is 5.91 Å². The summed E-state index contributed by atoms with van der Waals surface area (Å²) in [5.41, 5.74) is 2.03. The molecule has 0 aliphatic heterocycles. The van der Waals surface area contributed by atoms with Gasteiger partial charge < -0.3 is 14.8 Å². The van der Waals surface area contributed by atoms with Gasteiger partial charge in [-0.1, -0.05) is 0 Å². The van der Waals surface area contributed by atoms with Gasteiger partial charge in [-0.05, 0) is 43.3 Å². The van der Waals surface area contributed by atoms with E-state index in [9.17, 15) is 9.18 Å². The van der Waals surface area contributed by atoms with Crippen LogP contribution in [0, 0.1) is 12.7 Å². The number of carbonyl (C=O) groups excluding carboxylic acids is 1. The second-order valence-corrected chi connectivity index (χ2v) is 5.49. The van der Waals surface area contributed by atoms with E-state index in [4.69, 9.17) is 9.47 Å². The molecule has 1 amide bonds. The predicted octanol–water partition coefficient (Wildman–Crippen LogP) is 3.95. The molecule has 1 aromatic heterocycles. The highest BCUT2D eigenvalue weighted by Crippen LogP contribution is 2.30. The van der Waals surface area contributed by atoms with Crippen molar-refractivity contribution in [1.82, 2.24) is 4.98 Å². The Balaban J connectivity index is 2.05. The summed E-state index contributed by atoms with van der Waals surface area (Å²) < 4.78 is 24.1. The maximum atomic E-state index is 13.6. The summed E-state index contributed by atoms with van der Waals surface area (Å²) in [5, 5.41) is 3.25. The van der Waals surface area contributed by atoms with Crippen LogP contribution >= 0.6 is 0 Å². The number of nitrogens with zero attached hydrogens (tertiary/aromatic N) is 1. The lowest BCUT2D eigenvalue weighted by atomic mass is 10.1. The number of nitrogens with one attached hydrogen (secondary N) is 1. The molecule has 3 rings (SSSR count). The molecule has 6 heteroatoms. The van der Waals surface area contributed by atoms with Crippen LogP contribution in [0.4, 0.5) is 10.1 Å². The van der Waals surface area contributed by atoms with E-state index in [0.29, 0.717) is 39.3 Å². The molecule has 0 fully saturated rings. The van der Waals surface area contributed by atoms with Crippen LogP contribution in [0.5, 0.6) is 11.5 Å². The van der Waals surface area contributed by atoms with Crippen molar-refractivity contribution in [3.05, 3.63) is 59.5 Å². The first-order valence-electron chi connectivity index (χ1n) is 7.62. The first kappa shape index (κ1) is 16.7. The van der Waals surface area contributed by atoms with Crippen LogP contribution < -0.4 is 14.8 Å². The fourth-order valence-corrected chi connectivity index (χ4v) is 2.62. The minimum atomic E-state index is -0.425. The van der Waals surface area contributed by atoms with Gasteiger partial charge in [-0.2, -0.15) is 0 Å². The van der Waals surface area contributed by atoms with E-state index in [1.807, 2.05) is 0 Å². The molecule has 0 saturated heterocycles. The van der Waals surface area contributed by atoms with E-state index < -0.39 is 5.82 Å². The Labute approximate surface area is 144 Å². The highest BCUT2D eigenvalue weighted by Gasteiger charge is 2.15. The fraction of sp³-hybridized carbons (Fsp3) is 0.158. The molecule has 2 aromatic carbocycles. The van der Waals surface area contributed by atoms with Gasteiger partial charge in [0.05, 0.1) is 31.0 Å². The molecule has 5 nitrogen and oxygen atoms in total. The molecule has 0 saturated carbocycles. The molecule has 0 aliphatic carbocycles. The number of rotatable bonds is 4. The zero-order valence-corrected chi connectivity index (χ0v) is 14.1. The quantitative estimate of drug-likeness (QED) is 0.781. The minimum absolute atomic E-state index is 0.340. The summed E-state index contributed by atoms with van der Waals surface area (Å²) in [4.78, 5) is 17.1. The monoisotopic (exact) mass is 340 g/mol. The number of anilines is 1. The molecule has 25 heavy (non-hydrogen) atoms. The Hall–Kier alpha value is -3.15. The third kappa shape index (κ3) is 3.38. The van der Waals surface area contributed by atoms with Gasteiger partial charge in [0.15, 0.2) is 0 Å². The molecule has 0 bridgehead atoms. The molecule has 0 spiro atoms. The zero-order chi connectivity index (χ0) is 18.0. The molecular formula is C19H17FN2O3. The van der Waals surface area contributed by atoms with Crippen molar-refractivity contribution in [2.45, 2.75) is 6.92 Å². The Morgan fingerprint density at radius 2 is 1.88 bits per heavy atom. The van der Waals surface area contributed by atoms with Crippen molar-refractivity contribution in [3.8, 4) is 11.5 Å². The number of halogens is 1. The summed E-state index contributed by atoms with van der Waals surface area (Å²) >= 11 is 0. The number of methoxy groups -OCH3 is 2. The van der Waals surface area contributed by atoms with Gasteiger partial charge in [-0.25, -0.2) is 4.39 Å². The molecule has 0 atom stereocenters. The van der Waals surface area contributed by atoms with Gasteiger partial charge in [0.2, 0.25) is 0 Å². The van der Waals surface area contributed by atoms with Crippen molar-refractivity contribution in [1.29, 1.82) is 0 Å². The van der Waals surface area contributed by atoms with Crippen molar-refractivity contribution < 1.29 is 18.7 Å². The van der Waals surface area contributed by atoms with Crippen LogP contribution in [0.3, 0.4) is 0 Å². The number of hydrogen-bond acceptors (Lipinski definition) is 4. The number of benzene rings is 2. The first-order valence-corrected chi connectivity index (χ1v) is 7.62. The standard InChI is InChI=1S/C19H17FN2O3/c1-11-8-15(14-9-12(20)4-6-16(14)21-11)19(23)22-17-10-13(24-2)5-7-18(17)25-3/h4-10H,1-3H3,(H,22,23). The minimum Gasteiger partial charge on any atom is -0.497 e.